The first-order valence-electron chi connectivity index (χ1n) is 12.0. The molecule has 10 nitrogen and oxygen atoms in total. The maximum Gasteiger partial charge on any atom is 0.407 e. The molecule has 206 valence electrons. The molecular formula is C26H28N4O6S3. The Balaban J connectivity index is 1.58. The number of amides is 2. The summed E-state index contributed by atoms with van der Waals surface area (Å²) < 4.78 is 38.0. The summed E-state index contributed by atoms with van der Waals surface area (Å²) in [6.45, 7) is 0. The Bertz CT molecular complexity index is 1430. The number of aromatic nitrogens is 1. The number of nitrogens with one attached hydrogen (secondary N) is 3. The first-order valence-corrected chi connectivity index (χ1v) is 15.3. The second kappa shape index (κ2) is 13.1. The lowest BCUT2D eigenvalue weighted by atomic mass is 10.0. The Labute approximate surface area is 235 Å². The minimum atomic E-state index is -4.39. The molecule has 2 heterocycles. The summed E-state index contributed by atoms with van der Waals surface area (Å²) in [4.78, 5) is 31.5. The van der Waals surface area contributed by atoms with Crippen LogP contribution in [0.25, 0.3) is 4.91 Å². The number of benzene rings is 2. The number of thiazole rings is 1. The SMILES string of the molecule is COC(=O)N[C@@H](Cc1ccccc1)C(=O)N[C@@H](Cc1ccc(NS(=O)(=O)O)cc1)c1csc(C2=CCCS2)n1. The average Bonchev–Trinajstić information content (AvgIpc) is 3.61. The highest BCUT2D eigenvalue weighted by Crippen LogP contribution is 2.36. The van der Waals surface area contributed by atoms with Gasteiger partial charge in [-0.3, -0.25) is 14.1 Å². The number of anilines is 1. The number of allylic oxidation sites excluding steroid dienone is 1. The van der Waals surface area contributed by atoms with E-state index in [4.69, 9.17) is 14.3 Å². The molecule has 0 aliphatic carbocycles. The van der Waals surface area contributed by atoms with Crippen molar-refractivity contribution in [2.45, 2.75) is 31.3 Å². The van der Waals surface area contributed by atoms with Crippen LogP contribution in [0.2, 0.25) is 0 Å². The second-order valence-electron chi connectivity index (χ2n) is 8.70. The summed E-state index contributed by atoms with van der Waals surface area (Å²) >= 11 is 3.24. The van der Waals surface area contributed by atoms with E-state index in [1.165, 1.54) is 30.6 Å². The summed E-state index contributed by atoms with van der Waals surface area (Å²) in [6, 6.07) is 14.3. The molecule has 0 radical (unpaired) electrons. The van der Waals surface area contributed by atoms with Crippen LogP contribution in [0.3, 0.4) is 0 Å². The molecule has 4 rings (SSSR count). The van der Waals surface area contributed by atoms with E-state index >= 15 is 0 Å². The number of carbonyl (C=O) groups is 2. The second-order valence-corrected chi connectivity index (χ2v) is 11.8. The predicted molar refractivity (Wildman–Crippen MR) is 153 cm³/mol. The van der Waals surface area contributed by atoms with Crippen LogP contribution in [-0.4, -0.2) is 48.9 Å². The summed E-state index contributed by atoms with van der Waals surface area (Å²) in [7, 11) is -3.15. The van der Waals surface area contributed by atoms with Crippen LogP contribution >= 0.6 is 23.1 Å². The van der Waals surface area contributed by atoms with Gasteiger partial charge >= 0.3 is 16.4 Å². The van der Waals surface area contributed by atoms with Gasteiger partial charge in [-0.2, -0.15) is 8.42 Å². The lowest BCUT2D eigenvalue weighted by molar-refractivity contribution is -0.123. The van der Waals surface area contributed by atoms with Crippen LogP contribution in [0.15, 0.2) is 66.1 Å². The fraction of sp³-hybridized carbons (Fsp3) is 0.269. The molecular weight excluding hydrogens is 561 g/mol. The lowest BCUT2D eigenvalue weighted by Gasteiger charge is -2.23. The zero-order valence-electron chi connectivity index (χ0n) is 21.0. The van der Waals surface area contributed by atoms with Crippen molar-refractivity contribution in [2.75, 3.05) is 17.6 Å². The third-order valence-electron chi connectivity index (χ3n) is 5.83. The topological polar surface area (TPSA) is 147 Å². The summed E-state index contributed by atoms with van der Waals surface area (Å²) in [5.74, 6) is 0.609. The lowest BCUT2D eigenvalue weighted by Crippen LogP contribution is -2.49. The van der Waals surface area contributed by atoms with Gasteiger partial charge in [0, 0.05) is 22.5 Å². The van der Waals surface area contributed by atoms with E-state index in [0.717, 1.165) is 33.2 Å². The van der Waals surface area contributed by atoms with E-state index in [1.807, 2.05) is 40.4 Å². The Morgan fingerprint density at radius 2 is 1.77 bits per heavy atom. The molecule has 0 saturated carbocycles. The quantitative estimate of drug-likeness (QED) is 0.244. The monoisotopic (exact) mass is 588 g/mol. The molecule has 4 N–H and O–H groups in total. The van der Waals surface area contributed by atoms with Crippen molar-refractivity contribution in [2.24, 2.45) is 0 Å². The molecule has 1 aliphatic rings. The normalized spacial score (nSPS) is 14.7. The van der Waals surface area contributed by atoms with Crippen LogP contribution in [0.5, 0.6) is 0 Å². The molecule has 2 amide bonds. The van der Waals surface area contributed by atoms with Crippen molar-refractivity contribution in [1.82, 2.24) is 15.6 Å². The smallest absolute Gasteiger partial charge is 0.407 e. The third kappa shape index (κ3) is 8.55. The van der Waals surface area contributed by atoms with E-state index in [1.54, 1.807) is 23.9 Å². The number of hydrogen-bond acceptors (Lipinski definition) is 8. The van der Waals surface area contributed by atoms with Gasteiger partial charge in [-0.25, -0.2) is 9.78 Å². The first-order chi connectivity index (χ1) is 18.7. The maximum absolute atomic E-state index is 13.5. The van der Waals surface area contributed by atoms with Crippen LogP contribution in [0.4, 0.5) is 10.5 Å². The summed E-state index contributed by atoms with van der Waals surface area (Å²) in [5, 5.41) is 8.46. The van der Waals surface area contributed by atoms with Crippen molar-refractivity contribution < 1.29 is 27.3 Å². The van der Waals surface area contributed by atoms with E-state index < -0.39 is 34.4 Å². The molecule has 2 atom stereocenters. The molecule has 13 heteroatoms. The van der Waals surface area contributed by atoms with Gasteiger partial charge in [0.1, 0.15) is 11.0 Å². The van der Waals surface area contributed by atoms with Crippen molar-refractivity contribution >= 4 is 56.0 Å². The van der Waals surface area contributed by atoms with Gasteiger partial charge in [0.15, 0.2) is 0 Å². The van der Waals surface area contributed by atoms with E-state index in [0.29, 0.717) is 12.1 Å². The zero-order valence-corrected chi connectivity index (χ0v) is 23.4. The number of rotatable bonds is 11. The van der Waals surface area contributed by atoms with Gasteiger partial charge in [-0.15, -0.1) is 23.1 Å². The van der Waals surface area contributed by atoms with E-state index in [9.17, 15) is 18.0 Å². The minimum absolute atomic E-state index is 0.202. The average molecular weight is 589 g/mol. The van der Waals surface area contributed by atoms with Crippen LogP contribution in [0, 0.1) is 0 Å². The first kappa shape index (κ1) is 28.6. The van der Waals surface area contributed by atoms with Gasteiger partial charge in [0.2, 0.25) is 5.91 Å². The fourth-order valence-corrected chi connectivity index (χ4v) is 6.40. The van der Waals surface area contributed by atoms with E-state index in [2.05, 4.69) is 16.7 Å². The Morgan fingerprint density at radius 3 is 2.41 bits per heavy atom. The predicted octanol–water partition coefficient (Wildman–Crippen LogP) is 4.20. The number of thioether (sulfide) groups is 1. The Morgan fingerprint density at radius 1 is 1.05 bits per heavy atom. The largest absolute Gasteiger partial charge is 0.453 e. The molecule has 0 fully saturated rings. The highest BCUT2D eigenvalue weighted by atomic mass is 32.2. The van der Waals surface area contributed by atoms with Crippen LogP contribution in [-0.2, 0) is 32.7 Å². The van der Waals surface area contributed by atoms with Crippen molar-refractivity contribution in [1.29, 1.82) is 0 Å². The molecule has 2 aromatic carbocycles. The summed E-state index contributed by atoms with van der Waals surface area (Å²) in [5.41, 5.74) is 2.54. The molecule has 0 bridgehead atoms. The number of nitrogens with zero attached hydrogens (tertiary/aromatic N) is 1. The highest BCUT2D eigenvalue weighted by Gasteiger charge is 2.27. The fourth-order valence-electron chi connectivity index (χ4n) is 3.98. The molecule has 39 heavy (non-hydrogen) atoms. The summed E-state index contributed by atoms with van der Waals surface area (Å²) in [6.07, 6.45) is 3.03. The molecule has 3 aromatic rings. The molecule has 0 unspecified atom stereocenters. The highest BCUT2D eigenvalue weighted by molar-refractivity contribution is 8.08. The van der Waals surface area contributed by atoms with Gasteiger partial charge in [0.05, 0.1) is 24.5 Å². The molecule has 1 aliphatic heterocycles. The van der Waals surface area contributed by atoms with Gasteiger partial charge < -0.3 is 15.4 Å². The van der Waals surface area contributed by atoms with Crippen molar-refractivity contribution in [3.05, 3.63) is 87.9 Å². The van der Waals surface area contributed by atoms with Gasteiger partial charge in [0.25, 0.3) is 0 Å². The zero-order chi connectivity index (χ0) is 27.8. The third-order valence-corrected chi connectivity index (χ3v) is 8.46. The number of methoxy groups -OCH3 is 1. The number of alkyl carbamates (subject to hydrolysis) is 1. The van der Waals surface area contributed by atoms with Crippen molar-refractivity contribution in [3.8, 4) is 0 Å². The van der Waals surface area contributed by atoms with E-state index in [-0.39, 0.29) is 12.1 Å². The molecule has 0 saturated heterocycles. The maximum atomic E-state index is 13.5. The van der Waals surface area contributed by atoms with Crippen LogP contribution in [0.1, 0.15) is 34.3 Å². The number of ether oxygens (including phenoxy) is 1. The number of carbonyl (C=O) groups excluding carboxylic acids is 2. The minimum Gasteiger partial charge on any atom is -0.453 e. The molecule has 1 aromatic heterocycles. The molecule has 0 spiro atoms. The Hall–Kier alpha value is -3.39. The van der Waals surface area contributed by atoms with Crippen molar-refractivity contribution in [3.63, 3.8) is 0 Å². The Kier molecular flexibility index (Phi) is 9.62. The van der Waals surface area contributed by atoms with Gasteiger partial charge in [-0.1, -0.05) is 48.5 Å². The number of hydrogen-bond donors (Lipinski definition) is 4. The van der Waals surface area contributed by atoms with Crippen LogP contribution < -0.4 is 15.4 Å². The standard InChI is InChI=1S/C26H28N4O6S3/c1-36-26(32)29-21(15-17-6-3-2-4-7-17)24(31)27-20(22-16-38-25(28-22)23-8-5-13-37-23)14-18-9-11-19(12-10-18)30-39(33,34)35/h2-4,6-12,16,20-21,30H,5,13-15H2,1H3,(H,27,31)(H,29,32)(H,33,34,35)/t20-,21-/m0/s1. The van der Waals surface area contributed by atoms with Gasteiger partial charge in [-0.05, 0) is 36.1 Å².